The molecule has 0 aliphatic carbocycles. The Labute approximate surface area is 140 Å². The van der Waals surface area contributed by atoms with Crippen molar-refractivity contribution in [2.24, 2.45) is 0 Å². The first-order valence-electron chi connectivity index (χ1n) is 7.68. The second kappa shape index (κ2) is 6.80. The Bertz CT molecular complexity index is 749. The molecule has 118 valence electrons. The van der Waals surface area contributed by atoms with E-state index in [1.54, 1.807) is 12.1 Å². The number of nitrogens with one attached hydrogen (secondary N) is 1. The van der Waals surface area contributed by atoms with E-state index in [1.807, 2.05) is 25.2 Å². The largest absolute Gasteiger partial charge is 0.366 e. The maximum Gasteiger partial charge on any atom is 0.169 e. The maximum atomic E-state index is 9.02. The van der Waals surface area contributed by atoms with Gasteiger partial charge in [-0.05, 0) is 43.6 Å². The lowest BCUT2D eigenvalue weighted by molar-refractivity contribution is 0.231. The zero-order chi connectivity index (χ0) is 16.2. The molecule has 1 aliphatic heterocycles. The van der Waals surface area contributed by atoms with E-state index in [4.69, 9.17) is 22.0 Å². The number of hydrogen-bond donors (Lipinski definition) is 1. The van der Waals surface area contributed by atoms with Gasteiger partial charge in [0.2, 0.25) is 0 Å². The highest BCUT2D eigenvalue weighted by Crippen LogP contribution is 2.32. The molecule has 1 aromatic carbocycles. The number of benzene rings is 1. The summed E-state index contributed by atoms with van der Waals surface area (Å²) in [5, 5.41) is 17.1. The van der Waals surface area contributed by atoms with Crippen LogP contribution in [0.3, 0.4) is 0 Å². The smallest absolute Gasteiger partial charge is 0.169 e. The number of likely N-dealkylation sites (tertiary alicyclic amines) is 1. The summed E-state index contributed by atoms with van der Waals surface area (Å²) in [4.78, 5) is 2.17. The van der Waals surface area contributed by atoms with Crippen LogP contribution in [0.4, 0.5) is 0 Å². The van der Waals surface area contributed by atoms with Gasteiger partial charge in [-0.15, -0.1) is 0 Å². The number of hydrogen-bond acceptors (Lipinski definition) is 4. The number of nitriles is 1. The van der Waals surface area contributed by atoms with Crippen LogP contribution in [-0.4, -0.2) is 28.8 Å². The van der Waals surface area contributed by atoms with Gasteiger partial charge in [-0.1, -0.05) is 17.3 Å². The van der Waals surface area contributed by atoms with Crippen molar-refractivity contribution in [2.75, 3.05) is 13.6 Å². The number of thiocarbonyl (C=S) groups is 1. The molecule has 0 bridgehead atoms. The minimum Gasteiger partial charge on any atom is -0.366 e. The van der Waals surface area contributed by atoms with Crippen LogP contribution in [0.2, 0.25) is 0 Å². The molecule has 23 heavy (non-hydrogen) atoms. The number of piperidine rings is 1. The normalized spacial score (nSPS) is 17.6. The molecule has 1 saturated heterocycles. The summed E-state index contributed by atoms with van der Waals surface area (Å²) >= 11 is 5.41. The van der Waals surface area contributed by atoms with Gasteiger partial charge in [-0.2, -0.15) is 5.26 Å². The van der Waals surface area contributed by atoms with Crippen molar-refractivity contribution >= 4 is 17.3 Å². The van der Waals surface area contributed by atoms with Crippen LogP contribution in [0.5, 0.6) is 0 Å². The highest BCUT2D eigenvalue weighted by Gasteiger charge is 2.28. The summed E-state index contributed by atoms with van der Waals surface area (Å²) in [5.74, 6) is 0.679. The summed E-state index contributed by atoms with van der Waals surface area (Å²) < 4.78 is 5.52. The van der Waals surface area contributed by atoms with Crippen molar-refractivity contribution in [3.05, 3.63) is 41.6 Å². The quantitative estimate of drug-likeness (QED) is 0.855. The van der Waals surface area contributed by atoms with Crippen LogP contribution >= 0.6 is 12.2 Å². The molecule has 6 heteroatoms. The molecule has 1 aromatic heterocycles. The molecule has 3 rings (SSSR count). The van der Waals surface area contributed by atoms with Gasteiger partial charge in [0.15, 0.2) is 10.9 Å². The Morgan fingerprint density at radius 1 is 1.43 bits per heavy atom. The average molecular weight is 326 g/mol. The van der Waals surface area contributed by atoms with E-state index in [0.29, 0.717) is 11.3 Å². The Balaban J connectivity index is 1.88. The van der Waals surface area contributed by atoms with Gasteiger partial charge in [-0.25, -0.2) is 0 Å². The van der Waals surface area contributed by atoms with Gasteiger partial charge in [0.05, 0.1) is 17.7 Å². The topological polar surface area (TPSA) is 65.1 Å². The van der Waals surface area contributed by atoms with Crippen molar-refractivity contribution in [2.45, 2.75) is 25.3 Å². The molecule has 2 heterocycles. The first-order chi connectivity index (χ1) is 11.2. The third-order valence-corrected chi connectivity index (χ3v) is 4.56. The second-order valence-electron chi connectivity index (χ2n) is 5.57. The standard InChI is InChI=1S/C17H18N4OS/c1-19-17(23)21-8-3-2-7-15(21)14-10-16(22-20-14)13-6-4-5-12(9-13)11-18/h4-6,9-10,15H,2-3,7-8H2,1H3,(H,19,23). The lowest BCUT2D eigenvalue weighted by Gasteiger charge is -2.36. The number of rotatable bonds is 2. The minimum atomic E-state index is 0.139. The third-order valence-electron chi connectivity index (χ3n) is 4.12. The summed E-state index contributed by atoms with van der Waals surface area (Å²) in [5.41, 5.74) is 2.36. The molecule has 0 saturated carbocycles. The Kier molecular flexibility index (Phi) is 4.58. The summed E-state index contributed by atoms with van der Waals surface area (Å²) in [6.07, 6.45) is 3.29. The monoisotopic (exact) mass is 326 g/mol. The van der Waals surface area contributed by atoms with Crippen molar-refractivity contribution in [3.8, 4) is 17.4 Å². The van der Waals surface area contributed by atoms with Gasteiger partial charge >= 0.3 is 0 Å². The van der Waals surface area contributed by atoms with Crippen LogP contribution in [0.15, 0.2) is 34.9 Å². The fraction of sp³-hybridized carbons (Fsp3) is 0.353. The minimum absolute atomic E-state index is 0.139. The maximum absolute atomic E-state index is 9.02. The molecule has 1 aliphatic rings. The van der Waals surface area contributed by atoms with E-state index in [-0.39, 0.29) is 6.04 Å². The molecule has 2 aromatic rings. The first kappa shape index (κ1) is 15.5. The second-order valence-corrected chi connectivity index (χ2v) is 5.96. The van der Waals surface area contributed by atoms with Gasteiger partial charge in [0, 0.05) is 25.2 Å². The van der Waals surface area contributed by atoms with Gasteiger partial charge in [-0.3, -0.25) is 0 Å². The lowest BCUT2D eigenvalue weighted by atomic mass is 9.99. The van der Waals surface area contributed by atoms with Gasteiger partial charge < -0.3 is 14.7 Å². The molecule has 0 amide bonds. The molecule has 0 radical (unpaired) electrons. The van der Waals surface area contributed by atoms with E-state index >= 15 is 0 Å². The highest BCUT2D eigenvalue weighted by atomic mass is 32.1. The Hall–Kier alpha value is -2.39. The fourth-order valence-corrected chi connectivity index (χ4v) is 3.17. The summed E-state index contributed by atoms with van der Waals surface area (Å²) in [6, 6.07) is 11.6. The SMILES string of the molecule is CNC(=S)N1CCCCC1c1cc(-c2cccc(C#N)c2)on1. The lowest BCUT2D eigenvalue weighted by Crippen LogP contribution is -2.43. The molecule has 1 N–H and O–H groups in total. The highest BCUT2D eigenvalue weighted by molar-refractivity contribution is 7.80. The average Bonchev–Trinajstić information content (AvgIpc) is 3.11. The molecule has 1 unspecified atom stereocenters. The van der Waals surface area contributed by atoms with Crippen molar-refractivity contribution in [1.82, 2.24) is 15.4 Å². The van der Waals surface area contributed by atoms with Crippen LogP contribution in [0, 0.1) is 11.3 Å². The molecule has 5 nitrogen and oxygen atoms in total. The Morgan fingerprint density at radius 2 is 2.30 bits per heavy atom. The molecule has 1 atom stereocenters. The number of nitrogens with zero attached hydrogens (tertiary/aromatic N) is 3. The van der Waals surface area contributed by atoms with Gasteiger partial charge in [0.25, 0.3) is 0 Å². The van der Waals surface area contributed by atoms with Crippen LogP contribution in [-0.2, 0) is 0 Å². The molecule has 1 fully saturated rings. The van der Waals surface area contributed by atoms with E-state index in [1.165, 1.54) is 0 Å². The zero-order valence-corrected chi connectivity index (χ0v) is 13.8. The summed E-state index contributed by atoms with van der Waals surface area (Å²) in [6.45, 7) is 0.927. The first-order valence-corrected chi connectivity index (χ1v) is 8.09. The van der Waals surface area contributed by atoms with Crippen LogP contribution in [0.25, 0.3) is 11.3 Å². The third kappa shape index (κ3) is 3.20. The molecule has 0 spiro atoms. The van der Waals surface area contributed by atoms with Gasteiger partial charge in [0.1, 0.15) is 5.69 Å². The van der Waals surface area contributed by atoms with Crippen LogP contribution in [0.1, 0.15) is 36.6 Å². The van der Waals surface area contributed by atoms with Crippen LogP contribution < -0.4 is 5.32 Å². The van der Waals surface area contributed by atoms with Crippen molar-refractivity contribution < 1.29 is 4.52 Å². The Morgan fingerprint density at radius 3 is 3.09 bits per heavy atom. The predicted octanol–water partition coefficient (Wildman–Crippen LogP) is 3.24. The predicted molar refractivity (Wildman–Crippen MR) is 91.6 cm³/mol. The molecular formula is C17H18N4OS. The van der Waals surface area contributed by atoms with Crippen molar-refractivity contribution in [1.29, 1.82) is 5.26 Å². The van der Waals surface area contributed by atoms with Crippen molar-refractivity contribution in [3.63, 3.8) is 0 Å². The molecular weight excluding hydrogens is 308 g/mol. The number of aromatic nitrogens is 1. The van der Waals surface area contributed by atoms with E-state index < -0.39 is 0 Å². The van der Waals surface area contributed by atoms with E-state index in [2.05, 4.69) is 21.4 Å². The van der Waals surface area contributed by atoms with E-state index in [9.17, 15) is 0 Å². The zero-order valence-electron chi connectivity index (χ0n) is 13.0. The summed E-state index contributed by atoms with van der Waals surface area (Å²) in [7, 11) is 1.84. The van der Waals surface area contributed by atoms with E-state index in [0.717, 1.165) is 42.2 Å². The fourth-order valence-electron chi connectivity index (χ4n) is 2.95.